The van der Waals surface area contributed by atoms with Crippen molar-refractivity contribution in [3.05, 3.63) is 57.0 Å². The number of benzene rings is 1. The summed E-state index contributed by atoms with van der Waals surface area (Å²) in [6, 6.07) is 8.08. The highest BCUT2D eigenvalue weighted by Gasteiger charge is 2.08. The Balaban J connectivity index is 2.38. The number of hydrogen-bond acceptors (Lipinski definition) is 4. The average molecular weight is 244 g/mol. The molecule has 0 radical (unpaired) electrons. The Morgan fingerprint density at radius 3 is 2.78 bits per heavy atom. The molecule has 0 aliphatic heterocycles. The average Bonchev–Trinajstić information content (AvgIpc) is 2.33. The highest BCUT2D eigenvalue weighted by molar-refractivity contribution is 5.33. The summed E-state index contributed by atoms with van der Waals surface area (Å²) in [6.45, 7) is 3.83. The molecule has 0 aliphatic carbocycles. The van der Waals surface area contributed by atoms with Crippen LogP contribution < -0.4 is 16.8 Å². The monoisotopic (exact) mass is 244 g/mol. The molecule has 0 spiro atoms. The van der Waals surface area contributed by atoms with Crippen molar-refractivity contribution in [1.29, 1.82) is 0 Å². The first-order valence-electron chi connectivity index (χ1n) is 5.72. The lowest BCUT2D eigenvalue weighted by Gasteiger charge is -2.07. The van der Waals surface area contributed by atoms with Crippen LogP contribution in [0.3, 0.4) is 0 Å². The van der Waals surface area contributed by atoms with Gasteiger partial charge in [0.15, 0.2) is 0 Å². The van der Waals surface area contributed by atoms with Crippen molar-refractivity contribution in [2.45, 2.75) is 20.3 Å². The molecule has 0 aliphatic rings. The van der Waals surface area contributed by atoms with Crippen LogP contribution in [0.2, 0.25) is 0 Å². The highest BCUT2D eigenvalue weighted by atomic mass is 16.1. The van der Waals surface area contributed by atoms with Gasteiger partial charge in [-0.15, -0.1) is 0 Å². The number of aryl methyl sites for hydroxylation is 2. The number of H-pyrrole nitrogens is 1. The minimum absolute atomic E-state index is 0.156. The zero-order chi connectivity index (χ0) is 13.1. The lowest BCUT2D eigenvalue weighted by Crippen LogP contribution is -2.21. The van der Waals surface area contributed by atoms with E-state index in [4.69, 9.17) is 5.84 Å². The van der Waals surface area contributed by atoms with E-state index in [1.165, 1.54) is 5.56 Å². The molecule has 0 unspecified atom stereocenters. The number of anilines is 1. The number of aromatic nitrogens is 2. The van der Waals surface area contributed by atoms with Crippen molar-refractivity contribution in [3.8, 4) is 0 Å². The van der Waals surface area contributed by atoms with Gasteiger partial charge in [0.05, 0.1) is 5.69 Å². The molecule has 0 amide bonds. The number of nitrogens with zero attached hydrogens (tertiary/aromatic N) is 1. The van der Waals surface area contributed by atoms with Crippen molar-refractivity contribution >= 4 is 5.95 Å². The van der Waals surface area contributed by atoms with Crippen LogP contribution in [0.15, 0.2) is 29.1 Å². The summed E-state index contributed by atoms with van der Waals surface area (Å²) in [5, 5.41) is 0. The molecule has 1 heterocycles. The van der Waals surface area contributed by atoms with Gasteiger partial charge in [-0.1, -0.05) is 29.8 Å². The normalized spacial score (nSPS) is 10.4. The van der Waals surface area contributed by atoms with Crippen molar-refractivity contribution in [3.63, 3.8) is 0 Å². The van der Waals surface area contributed by atoms with Gasteiger partial charge in [0.1, 0.15) is 0 Å². The summed E-state index contributed by atoms with van der Waals surface area (Å²) in [6.07, 6.45) is 0.570. The maximum absolute atomic E-state index is 11.9. The zero-order valence-corrected chi connectivity index (χ0v) is 10.4. The van der Waals surface area contributed by atoms with E-state index in [1.54, 1.807) is 6.92 Å². The molecule has 5 heteroatoms. The quantitative estimate of drug-likeness (QED) is 0.560. The first-order chi connectivity index (χ1) is 8.60. The fourth-order valence-electron chi connectivity index (χ4n) is 1.91. The molecule has 0 fully saturated rings. The van der Waals surface area contributed by atoms with E-state index >= 15 is 0 Å². The smallest absolute Gasteiger partial charge is 0.256 e. The lowest BCUT2D eigenvalue weighted by atomic mass is 10.0. The van der Waals surface area contributed by atoms with Crippen molar-refractivity contribution in [2.75, 3.05) is 5.43 Å². The fourth-order valence-corrected chi connectivity index (χ4v) is 1.91. The van der Waals surface area contributed by atoms with Crippen LogP contribution in [-0.4, -0.2) is 9.97 Å². The second-order valence-electron chi connectivity index (χ2n) is 4.29. The molecule has 1 aromatic heterocycles. The zero-order valence-electron chi connectivity index (χ0n) is 10.4. The van der Waals surface area contributed by atoms with E-state index in [-0.39, 0.29) is 11.5 Å². The number of hydrogen-bond donors (Lipinski definition) is 3. The third-order valence-electron chi connectivity index (χ3n) is 2.82. The molecular weight excluding hydrogens is 228 g/mol. The molecule has 5 nitrogen and oxygen atoms in total. The van der Waals surface area contributed by atoms with Gasteiger partial charge in [-0.05, 0) is 19.4 Å². The van der Waals surface area contributed by atoms with Gasteiger partial charge in [0, 0.05) is 12.0 Å². The highest BCUT2D eigenvalue weighted by Crippen LogP contribution is 2.11. The number of nitrogens with two attached hydrogens (primary N) is 1. The number of rotatable bonds is 3. The van der Waals surface area contributed by atoms with Gasteiger partial charge >= 0.3 is 0 Å². The third kappa shape index (κ3) is 2.57. The van der Waals surface area contributed by atoms with Crippen LogP contribution in [0.25, 0.3) is 0 Å². The third-order valence-corrected chi connectivity index (χ3v) is 2.82. The van der Waals surface area contributed by atoms with Crippen LogP contribution in [0.1, 0.15) is 22.4 Å². The molecule has 0 atom stereocenters. The van der Waals surface area contributed by atoms with Crippen LogP contribution in [-0.2, 0) is 6.42 Å². The molecule has 2 rings (SSSR count). The summed E-state index contributed by atoms with van der Waals surface area (Å²) < 4.78 is 0. The Bertz CT molecular complexity index is 619. The van der Waals surface area contributed by atoms with Gasteiger partial charge in [0.2, 0.25) is 5.95 Å². The largest absolute Gasteiger partial charge is 0.294 e. The van der Waals surface area contributed by atoms with Crippen LogP contribution in [0.4, 0.5) is 5.95 Å². The molecule has 18 heavy (non-hydrogen) atoms. The van der Waals surface area contributed by atoms with Crippen molar-refractivity contribution in [1.82, 2.24) is 9.97 Å². The predicted molar refractivity (Wildman–Crippen MR) is 71.4 cm³/mol. The number of hydrazine groups is 1. The number of nitrogen functional groups attached to an aromatic ring is 1. The molecular formula is C13H16N4O. The van der Waals surface area contributed by atoms with Gasteiger partial charge in [-0.25, -0.2) is 10.8 Å². The van der Waals surface area contributed by atoms with Gasteiger partial charge in [-0.3, -0.25) is 15.2 Å². The molecule has 1 aromatic carbocycles. The molecule has 0 saturated heterocycles. The second kappa shape index (κ2) is 5.01. The lowest BCUT2D eigenvalue weighted by molar-refractivity contribution is 0.971. The minimum atomic E-state index is -0.156. The van der Waals surface area contributed by atoms with E-state index in [1.807, 2.05) is 25.1 Å². The predicted octanol–water partition coefficient (Wildman–Crippen LogP) is 1.26. The van der Waals surface area contributed by atoms with Crippen molar-refractivity contribution < 1.29 is 0 Å². The summed E-state index contributed by atoms with van der Waals surface area (Å²) in [4.78, 5) is 18.7. The van der Waals surface area contributed by atoms with E-state index in [0.29, 0.717) is 17.7 Å². The second-order valence-corrected chi connectivity index (χ2v) is 4.29. The van der Waals surface area contributed by atoms with E-state index in [9.17, 15) is 4.79 Å². The van der Waals surface area contributed by atoms with E-state index < -0.39 is 0 Å². The Morgan fingerprint density at radius 1 is 1.39 bits per heavy atom. The van der Waals surface area contributed by atoms with Crippen LogP contribution in [0.5, 0.6) is 0 Å². The van der Waals surface area contributed by atoms with E-state index in [0.717, 1.165) is 5.56 Å². The fraction of sp³-hybridized carbons (Fsp3) is 0.231. The molecule has 0 bridgehead atoms. The summed E-state index contributed by atoms with van der Waals surface area (Å²) in [7, 11) is 0. The van der Waals surface area contributed by atoms with Gasteiger partial charge < -0.3 is 0 Å². The summed E-state index contributed by atoms with van der Waals surface area (Å²) >= 11 is 0. The minimum Gasteiger partial charge on any atom is -0.294 e. The Hall–Kier alpha value is -2.14. The Labute approximate surface area is 105 Å². The maximum Gasteiger partial charge on any atom is 0.256 e. The number of nitrogens with one attached hydrogen (secondary N) is 2. The first kappa shape index (κ1) is 12.3. The summed E-state index contributed by atoms with van der Waals surface area (Å²) in [5.41, 5.74) is 5.81. The Morgan fingerprint density at radius 2 is 2.17 bits per heavy atom. The SMILES string of the molecule is Cc1cccc(Cc2c(C)nc(NN)[nH]c2=O)c1. The molecule has 4 N–H and O–H groups in total. The first-order valence-corrected chi connectivity index (χ1v) is 5.72. The van der Waals surface area contributed by atoms with Gasteiger partial charge in [-0.2, -0.15) is 0 Å². The molecule has 94 valence electrons. The van der Waals surface area contributed by atoms with Crippen LogP contribution >= 0.6 is 0 Å². The Kier molecular flexibility index (Phi) is 3.43. The van der Waals surface area contributed by atoms with Crippen LogP contribution in [0, 0.1) is 13.8 Å². The standard InChI is InChI=1S/C13H16N4O/c1-8-4-3-5-10(6-8)7-11-9(2)15-13(17-14)16-12(11)18/h3-6H,7,14H2,1-2H3,(H2,15,16,17,18). The number of aromatic amines is 1. The van der Waals surface area contributed by atoms with Gasteiger partial charge in [0.25, 0.3) is 5.56 Å². The van der Waals surface area contributed by atoms with Crippen molar-refractivity contribution in [2.24, 2.45) is 5.84 Å². The topological polar surface area (TPSA) is 83.8 Å². The van der Waals surface area contributed by atoms with E-state index in [2.05, 4.69) is 21.5 Å². The molecule has 2 aromatic rings. The maximum atomic E-state index is 11.9. The molecule has 0 saturated carbocycles. The summed E-state index contributed by atoms with van der Waals surface area (Å²) in [5.74, 6) is 5.51.